The third kappa shape index (κ3) is 3.96. The predicted octanol–water partition coefficient (Wildman–Crippen LogP) is 0.908. The third-order valence-electron chi connectivity index (χ3n) is 3.93. The van der Waals surface area contributed by atoms with E-state index in [-0.39, 0.29) is 18.1 Å². The number of carbonyl (C=O) groups is 1. The maximum atomic E-state index is 12.4. The molecule has 0 spiro atoms. The molecule has 2 aromatic rings. The number of hydrogen-bond donors (Lipinski definition) is 1. The van der Waals surface area contributed by atoms with E-state index < -0.39 is 0 Å². The summed E-state index contributed by atoms with van der Waals surface area (Å²) in [5.41, 5.74) is 0. The first kappa shape index (κ1) is 15.7. The second kappa shape index (κ2) is 6.93. The van der Waals surface area contributed by atoms with Gasteiger partial charge in [-0.15, -0.1) is 0 Å². The lowest BCUT2D eigenvalue weighted by Gasteiger charge is -2.35. The number of rotatable bonds is 5. The zero-order chi connectivity index (χ0) is 16.2. The molecule has 124 valence electrons. The van der Waals surface area contributed by atoms with Crippen LogP contribution in [0.3, 0.4) is 0 Å². The molecule has 3 heterocycles. The molecule has 2 aromatic heterocycles. The normalized spacial score (nSPS) is 20.3. The Morgan fingerprint density at radius 3 is 3.13 bits per heavy atom. The van der Waals surface area contributed by atoms with Crippen LogP contribution in [0, 0.1) is 6.92 Å². The van der Waals surface area contributed by atoms with Gasteiger partial charge in [-0.1, -0.05) is 5.16 Å². The quantitative estimate of drug-likeness (QED) is 0.881. The average molecular weight is 319 g/mol. The van der Waals surface area contributed by atoms with Gasteiger partial charge in [0.05, 0.1) is 25.3 Å². The number of nitrogens with one attached hydrogen (secondary N) is 1. The van der Waals surface area contributed by atoms with Gasteiger partial charge in [0, 0.05) is 31.5 Å². The Kier molecular flexibility index (Phi) is 4.73. The van der Waals surface area contributed by atoms with Crippen LogP contribution in [0.15, 0.2) is 29.0 Å². The Hall–Kier alpha value is -2.19. The lowest BCUT2D eigenvalue weighted by molar-refractivity contribution is -0.124. The Labute approximate surface area is 134 Å². The highest BCUT2D eigenvalue weighted by Gasteiger charge is 2.28. The Morgan fingerprint density at radius 1 is 1.57 bits per heavy atom. The zero-order valence-electron chi connectivity index (χ0n) is 13.3. The van der Waals surface area contributed by atoms with E-state index in [0.717, 1.165) is 6.54 Å². The standard InChI is InChI=1S/C15H21N5O3/c1-11-8-14(18-23-11)17-15(21)12(2)19-6-7-22-13(9-19)10-20-5-3-4-16-20/h3-5,8,12-13H,6-7,9-10H2,1-2H3,(H,17,18,21)/t12-,13+/m1/s1. The molecular weight excluding hydrogens is 298 g/mol. The number of carbonyl (C=O) groups excluding carboxylic acids is 1. The summed E-state index contributed by atoms with van der Waals surface area (Å²) < 4.78 is 12.6. The Bertz CT molecular complexity index is 639. The summed E-state index contributed by atoms with van der Waals surface area (Å²) in [5, 5.41) is 10.8. The van der Waals surface area contributed by atoms with Gasteiger partial charge in [0.2, 0.25) is 5.91 Å². The molecule has 0 bridgehead atoms. The lowest BCUT2D eigenvalue weighted by atomic mass is 10.2. The molecule has 0 aromatic carbocycles. The van der Waals surface area contributed by atoms with Gasteiger partial charge in [-0.25, -0.2) is 0 Å². The van der Waals surface area contributed by atoms with Crippen LogP contribution in [0.25, 0.3) is 0 Å². The molecule has 3 rings (SSSR count). The zero-order valence-corrected chi connectivity index (χ0v) is 13.3. The molecule has 0 aliphatic carbocycles. The van der Waals surface area contributed by atoms with Crippen molar-refractivity contribution in [3.05, 3.63) is 30.3 Å². The largest absolute Gasteiger partial charge is 0.374 e. The SMILES string of the molecule is Cc1cc(NC(=O)[C@@H](C)N2CCO[C@H](Cn3cccn3)C2)no1. The van der Waals surface area contributed by atoms with Gasteiger partial charge in [-0.05, 0) is 19.9 Å². The van der Waals surface area contributed by atoms with Crippen molar-refractivity contribution >= 4 is 11.7 Å². The number of amides is 1. The van der Waals surface area contributed by atoms with Crippen LogP contribution >= 0.6 is 0 Å². The molecule has 0 saturated carbocycles. The smallest absolute Gasteiger partial charge is 0.242 e. The number of anilines is 1. The van der Waals surface area contributed by atoms with Gasteiger partial charge < -0.3 is 14.6 Å². The van der Waals surface area contributed by atoms with Gasteiger partial charge in [0.1, 0.15) is 5.76 Å². The summed E-state index contributed by atoms with van der Waals surface area (Å²) in [6.45, 7) is 6.37. The third-order valence-corrected chi connectivity index (χ3v) is 3.93. The fraction of sp³-hybridized carbons (Fsp3) is 0.533. The summed E-state index contributed by atoms with van der Waals surface area (Å²) in [6.07, 6.45) is 3.68. The summed E-state index contributed by atoms with van der Waals surface area (Å²) in [5.74, 6) is 1.01. The number of hydrogen-bond acceptors (Lipinski definition) is 6. The van der Waals surface area contributed by atoms with Crippen molar-refractivity contribution in [2.75, 3.05) is 25.0 Å². The number of ether oxygens (including phenoxy) is 1. The van der Waals surface area contributed by atoms with Crippen molar-refractivity contribution in [2.24, 2.45) is 0 Å². The van der Waals surface area contributed by atoms with Crippen molar-refractivity contribution in [1.82, 2.24) is 19.8 Å². The second-order valence-corrected chi connectivity index (χ2v) is 5.70. The topological polar surface area (TPSA) is 85.4 Å². The van der Waals surface area contributed by atoms with Crippen LogP contribution in [0.5, 0.6) is 0 Å². The van der Waals surface area contributed by atoms with Crippen molar-refractivity contribution in [3.8, 4) is 0 Å². The minimum Gasteiger partial charge on any atom is -0.374 e. The number of aryl methyl sites for hydroxylation is 1. The van der Waals surface area contributed by atoms with E-state index in [4.69, 9.17) is 9.26 Å². The van der Waals surface area contributed by atoms with Crippen molar-refractivity contribution in [3.63, 3.8) is 0 Å². The van der Waals surface area contributed by atoms with E-state index in [1.165, 1.54) is 0 Å². The summed E-state index contributed by atoms with van der Waals surface area (Å²) in [7, 11) is 0. The molecule has 1 saturated heterocycles. The molecule has 1 amide bonds. The lowest BCUT2D eigenvalue weighted by Crippen LogP contribution is -2.51. The average Bonchev–Trinajstić information content (AvgIpc) is 3.18. The number of aromatic nitrogens is 3. The molecule has 8 heteroatoms. The highest BCUT2D eigenvalue weighted by Crippen LogP contribution is 2.13. The molecule has 23 heavy (non-hydrogen) atoms. The van der Waals surface area contributed by atoms with Crippen molar-refractivity contribution in [1.29, 1.82) is 0 Å². The fourth-order valence-corrected chi connectivity index (χ4v) is 2.64. The minimum absolute atomic E-state index is 0.0215. The molecular formula is C15H21N5O3. The highest BCUT2D eigenvalue weighted by atomic mass is 16.5. The summed E-state index contributed by atoms with van der Waals surface area (Å²) in [4.78, 5) is 14.5. The molecule has 1 aliphatic heterocycles. The molecule has 0 radical (unpaired) electrons. The number of nitrogens with zero attached hydrogens (tertiary/aromatic N) is 4. The van der Waals surface area contributed by atoms with Gasteiger partial charge in [0.25, 0.3) is 0 Å². The van der Waals surface area contributed by atoms with Crippen LogP contribution in [0.4, 0.5) is 5.82 Å². The summed E-state index contributed by atoms with van der Waals surface area (Å²) in [6, 6.07) is 3.32. The van der Waals surface area contributed by atoms with Crippen LogP contribution in [-0.2, 0) is 16.1 Å². The van der Waals surface area contributed by atoms with Gasteiger partial charge in [0.15, 0.2) is 5.82 Å². The monoisotopic (exact) mass is 319 g/mol. The van der Waals surface area contributed by atoms with Crippen LogP contribution < -0.4 is 5.32 Å². The maximum absolute atomic E-state index is 12.4. The van der Waals surface area contributed by atoms with Gasteiger partial charge >= 0.3 is 0 Å². The van der Waals surface area contributed by atoms with E-state index in [9.17, 15) is 4.79 Å². The summed E-state index contributed by atoms with van der Waals surface area (Å²) >= 11 is 0. The second-order valence-electron chi connectivity index (χ2n) is 5.70. The maximum Gasteiger partial charge on any atom is 0.242 e. The molecule has 0 unspecified atom stereocenters. The minimum atomic E-state index is -0.268. The molecule has 1 N–H and O–H groups in total. The van der Waals surface area contributed by atoms with E-state index in [0.29, 0.717) is 31.3 Å². The Morgan fingerprint density at radius 2 is 2.43 bits per heavy atom. The Balaban J connectivity index is 1.55. The number of morpholine rings is 1. The molecule has 2 atom stereocenters. The van der Waals surface area contributed by atoms with Crippen molar-refractivity contribution in [2.45, 2.75) is 32.5 Å². The van der Waals surface area contributed by atoms with E-state index in [1.54, 1.807) is 19.2 Å². The first-order valence-electron chi connectivity index (χ1n) is 7.69. The molecule has 1 fully saturated rings. The molecule has 1 aliphatic rings. The van der Waals surface area contributed by atoms with Gasteiger partial charge in [-0.3, -0.25) is 14.4 Å². The van der Waals surface area contributed by atoms with E-state index in [1.807, 2.05) is 23.9 Å². The first-order valence-corrected chi connectivity index (χ1v) is 7.69. The first-order chi connectivity index (χ1) is 11.1. The molecule has 8 nitrogen and oxygen atoms in total. The van der Waals surface area contributed by atoms with E-state index >= 15 is 0 Å². The predicted molar refractivity (Wildman–Crippen MR) is 82.9 cm³/mol. The van der Waals surface area contributed by atoms with Gasteiger partial charge in [-0.2, -0.15) is 5.10 Å². The van der Waals surface area contributed by atoms with Crippen molar-refractivity contribution < 1.29 is 14.1 Å². The van der Waals surface area contributed by atoms with Crippen LogP contribution in [0.2, 0.25) is 0 Å². The van der Waals surface area contributed by atoms with Crippen LogP contribution in [0.1, 0.15) is 12.7 Å². The highest BCUT2D eigenvalue weighted by molar-refractivity contribution is 5.93. The fourth-order valence-electron chi connectivity index (χ4n) is 2.64. The van der Waals surface area contributed by atoms with Crippen LogP contribution in [-0.4, -0.2) is 57.6 Å². The van der Waals surface area contributed by atoms with E-state index in [2.05, 4.69) is 20.5 Å².